The van der Waals surface area contributed by atoms with Crippen LogP contribution in [0.1, 0.15) is 194 Å². The Labute approximate surface area is 346 Å². The number of carbonyl (C=O) groups is 1. The van der Waals surface area contributed by atoms with Crippen molar-refractivity contribution in [2.75, 3.05) is 40.9 Å². The maximum absolute atomic E-state index is 12.9. The summed E-state index contributed by atoms with van der Waals surface area (Å²) >= 11 is 0. The number of aliphatic hydroxyl groups is 1. The van der Waals surface area contributed by atoms with Gasteiger partial charge in [-0.1, -0.05) is 184 Å². The zero-order chi connectivity index (χ0) is 41.4. The van der Waals surface area contributed by atoms with Crippen molar-refractivity contribution >= 4 is 13.7 Å². The quantitative estimate of drug-likeness (QED) is 0.0276. The molecule has 328 valence electrons. The van der Waals surface area contributed by atoms with Crippen molar-refractivity contribution in [1.82, 2.24) is 5.32 Å². The first kappa shape index (κ1) is 54.5. The van der Waals surface area contributed by atoms with Crippen LogP contribution in [0.4, 0.5) is 0 Å². The largest absolute Gasteiger partial charge is 0.756 e. The van der Waals surface area contributed by atoms with Crippen molar-refractivity contribution in [3.63, 3.8) is 0 Å². The molecule has 0 bridgehead atoms. The van der Waals surface area contributed by atoms with Gasteiger partial charge in [-0.05, 0) is 51.4 Å². The number of aliphatic hydroxyl groups excluding tert-OH is 1. The van der Waals surface area contributed by atoms with E-state index in [0.717, 1.165) is 70.6 Å². The number of hydrogen-bond donors (Lipinski definition) is 2. The van der Waals surface area contributed by atoms with Gasteiger partial charge in [0.2, 0.25) is 5.91 Å². The Bertz CT molecular complexity index is 1050. The fraction of sp³-hybridized carbons (Fsp3) is 0.809. The van der Waals surface area contributed by atoms with Crippen molar-refractivity contribution in [1.29, 1.82) is 0 Å². The third-order valence-electron chi connectivity index (χ3n) is 10.1. The molecular formula is C47H89N2O6P. The molecule has 8 nitrogen and oxygen atoms in total. The van der Waals surface area contributed by atoms with E-state index in [2.05, 4.69) is 67.8 Å². The first-order chi connectivity index (χ1) is 27.0. The van der Waals surface area contributed by atoms with Gasteiger partial charge in [-0.15, -0.1) is 0 Å². The van der Waals surface area contributed by atoms with Gasteiger partial charge in [-0.2, -0.15) is 0 Å². The summed E-state index contributed by atoms with van der Waals surface area (Å²) in [5, 5.41) is 13.9. The number of phosphoric ester groups is 1. The van der Waals surface area contributed by atoms with Crippen molar-refractivity contribution in [2.45, 2.75) is 206 Å². The monoisotopic (exact) mass is 809 g/mol. The fourth-order valence-electron chi connectivity index (χ4n) is 6.44. The van der Waals surface area contributed by atoms with E-state index in [9.17, 15) is 19.4 Å². The first-order valence-electron chi connectivity index (χ1n) is 23.0. The Balaban J connectivity index is 4.32. The van der Waals surface area contributed by atoms with Gasteiger partial charge in [0, 0.05) is 6.42 Å². The fourth-order valence-corrected chi connectivity index (χ4v) is 7.16. The second-order valence-corrected chi connectivity index (χ2v) is 18.1. The minimum Gasteiger partial charge on any atom is -0.756 e. The molecule has 0 rings (SSSR count). The summed E-state index contributed by atoms with van der Waals surface area (Å²) in [6.07, 6.45) is 48.2. The standard InChI is InChI=1S/C47H89N2O6P/c1-6-8-10-12-14-16-18-20-21-22-23-24-25-26-27-29-31-33-35-37-39-41-47(51)48-45(44-55-56(52,53)54-43-42-49(3,4)5)46(50)40-38-36-34-32-30-28-19-17-15-13-11-9-7-2/h8,10,14,16,20-21,23-24,45-46,50H,6-7,9,11-13,15,17-19,22,25-44H2,1-5H3,(H-,48,51,52,53)/b10-8-,16-14-,21-20-,24-23-. The highest BCUT2D eigenvalue weighted by Gasteiger charge is 2.24. The minimum atomic E-state index is -4.57. The summed E-state index contributed by atoms with van der Waals surface area (Å²) in [6.45, 7) is 4.59. The molecule has 2 N–H and O–H groups in total. The van der Waals surface area contributed by atoms with E-state index in [1.165, 1.54) is 96.3 Å². The van der Waals surface area contributed by atoms with Crippen molar-refractivity contribution in [2.24, 2.45) is 0 Å². The first-order valence-corrected chi connectivity index (χ1v) is 24.4. The van der Waals surface area contributed by atoms with Gasteiger partial charge in [-0.25, -0.2) is 0 Å². The summed E-state index contributed by atoms with van der Waals surface area (Å²) in [5.41, 5.74) is 0. The minimum absolute atomic E-state index is 0.00878. The van der Waals surface area contributed by atoms with Crippen LogP contribution in [0.5, 0.6) is 0 Å². The number of allylic oxidation sites excluding steroid dienone is 8. The van der Waals surface area contributed by atoms with Crippen LogP contribution in [0.15, 0.2) is 48.6 Å². The Morgan fingerprint density at radius 2 is 1.09 bits per heavy atom. The van der Waals surface area contributed by atoms with E-state index in [1.807, 2.05) is 21.1 Å². The Kier molecular flexibility index (Phi) is 37.9. The number of carbonyl (C=O) groups excluding carboxylic acids is 1. The second-order valence-electron chi connectivity index (χ2n) is 16.7. The van der Waals surface area contributed by atoms with Crippen molar-refractivity contribution in [3.8, 4) is 0 Å². The average Bonchev–Trinajstić information content (AvgIpc) is 3.15. The molecule has 0 aromatic rings. The molecule has 3 unspecified atom stereocenters. The Morgan fingerprint density at radius 3 is 1.59 bits per heavy atom. The molecule has 0 saturated heterocycles. The third kappa shape index (κ3) is 40.6. The number of rotatable bonds is 41. The number of amides is 1. The molecule has 9 heteroatoms. The lowest BCUT2D eigenvalue weighted by Crippen LogP contribution is -2.46. The van der Waals surface area contributed by atoms with Crippen LogP contribution in [0.3, 0.4) is 0 Å². The molecule has 0 aromatic heterocycles. The highest BCUT2D eigenvalue weighted by Crippen LogP contribution is 2.38. The molecule has 0 spiro atoms. The Hall–Kier alpha value is -1.54. The molecule has 0 heterocycles. The second kappa shape index (κ2) is 38.9. The van der Waals surface area contributed by atoms with Gasteiger partial charge in [-0.3, -0.25) is 9.36 Å². The summed E-state index contributed by atoms with van der Waals surface area (Å²) in [4.78, 5) is 25.3. The number of likely N-dealkylation sites (N-methyl/N-ethyl adjacent to an activating group) is 1. The van der Waals surface area contributed by atoms with Crippen molar-refractivity contribution < 1.29 is 32.9 Å². The van der Waals surface area contributed by atoms with Crippen LogP contribution in [-0.4, -0.2) is 68.5 Å². The van der Waals surface area contributed by atoms with Gasteiger partial charge in [0.15, 0.2) is 0 Å². The molecule has 56 heavy (non-hydrogen) atoms. The lowest BCUT2D eigenvalue weighted by molar-refractivity contribution is -0.870. The van der Waals surface area contributed by atoms with Crippen LogP contribution in [0.25, 0.3) is 0 Å². The number of unbranched alkanes of at least 4 members (excludes halogenated alkanes) is 20. The topological polar surface area (TPSA) is 108 Å². The van der Waals surface area contributed by atoms with Crippen LogP contribution >= 0.6 is 7.82 Å². The van der Waals surface area contributed by atoms with Crippen LogP contribution in [-0.2, 0) is 18.4 Å². The van der Waals surface area contributed by atoms with Crippen LogP contribution in [0.2, 0.25) is 0 Å². The molecule has 0 aliphatic rings. The van der Waals surface area contributed by atoms with Crippen LogP contribution < -0.4 is 10.2 Å². The molecule has 0 radical (unpaired) electrons. The molecule has 0 aliphatic heterocycles. The molecule has 0 aromatic carbocycles. The average molecular weight is 809 g/mol. The van der Waals surface area contributed by atoms with Gasteiger partial charge in [0.25, 0.3) is 7.82 Å². The van der Waals surface area contributed by atoms with E-state index in [-0.39, 0.29) is 19.1 Å². The predicted octanol–water partition coefficient (Wildman–Crippen LogP) is 12.2. The van der Waals surface area contributed by atoms with Gasteiger partial charge in [0.05, 0.1) is 39.9 Å². The smallest absolute Gasteiger partial charge is 0.268 e. The number of phosphoric acid groups is 1. The summed E-state index contributed by atoms with van der Waals surface area (Å²) < 4.78 is 23.3. The van der Waals surface area contributed by atoms with Crippen LogP contribution in [0, 0.1) is 0 Å². The molecule has 0 fully saturated rings. The van der Waals surface area contributed by atoms with E-state index >= 15 is 0 Å². The summed E-state index contributed by atoms with van der Waals surface area (Å²) in [5.74, 6) is -0.175. The van der Waals surface area contributed by atoms with Gasteiger partial charge in [0.1, 0.15) is 13.2 Å². The highest BCUT2D eigenvalue weighted by atomic mass is 31.2. The molecular weight excluding hydrogens is 719 g/mol. The molecule has 0 aliphatic carbocycles. The normalized spacial score (nSPS) is 14.8. The number of hydrogen-bond acceptors (Lipinski definition) is 6. The van der Waals surface area contributed by atoms with Gasteiger partial charge >= 0.3 is 0 Å². The highest BCUT2D eigenvalue weighted by molar-refractivity contribution is 7.45. The van der Waals surface area contributed by atoms with E-state index in [4.69, 9.17) is 9.05 Å². The van der Waals surface area contributed by atoms with Gasteiger partial charge < -0.3 is 28.8 Å². The Morgan fingerprint density at radius 1 is 0.643 bits per heavy atom. The predicted molar refractivity (Wildman–Crippen MR) is 238 cm³/mol. The number of quaternary nitrogens is 1. The maximum atomic E-state index is 12.9. The molecule has 1 amide bonds. The van der Waals surface area contributed by atoms with E-state index < -0.39 is 20.0 Å². The maximum Gasteiger partial charge on any atom is 0.268 e. The molecule has 3 atom stereocenters. The summed E-state index contributed by atoms with van der Waals surface area (Å²) in [7, 11) is 1.29. The SMILES string of the molecule is CC/C=C\C/C=C\C/C=C\C/C=C\CCCCCCCCCCC(=O)NC(COP(=O)([O-])OCC[N+](C)(C)C)C(O)CCCCCCCCCCCCCCC. The summed E-state index contributed by atoms with van der Waals surface area (Å²) in [6, 6.07) is -0.805. The third-order valence-corrected chi connectivity index (χ3v) is 11.0. The van der Waals surface area contributed by atoms with Crippen molar-refractivity contribution in [3.05, 3.63) is 48.6 Å². The zero-order valence-electron chi connectivity index (χ0n) is 37.1. The molecule has 0 saturated carbocycles. The lowest BCUT2D eigenvalue weighted by Gasteiger charge is -2.30. The number of nitrogens with one attached hydrogen (secondary N) is 1. The number of nitrogens with zero attached hydrogens (tertiary/aromatic N) is 1. The lowest BCUT2D eigenvalue weighted by atomic mass is 10.0. The zero-order valence-corrected chi connectivity index (χ0v) is 38.0. The van der Waals surface area contributed by atoms with E-state index in [0.29, 0.717) is 23.9 Å². The van der Waals surface area contributed by atoms with E-state index in [1.54, 1.807) is 0 Å².